The van der Waals surface area contributed by atoms with Gasteiger partial charge in [-0.3, -0.25) is 4.79 Å². The van der Waals surface area contributed by atoms with Gasteiger partial charge in [-0.2, -0.15) is 0 Å². The van der Waals surface area contributed by atoms with Crippen LogP contribution in [0, 0.1) is 13.8 Å². The lowest BCUT2D eigenvalue weighted by atomic mass is 9.89. The van der Waals surface area contributed by atoms with Crippen LogP contribution in [0.2, 0.25) is 0 Å². The highest BCUT2D eigenvalue weighted by Crippen LogP contribution is 2.36. The highest BCUT2D eigenvalue weighted by Gasteiger charge is 2.35. The molecule has 1 amide bonds. The van der Waals surface area contributed by atoms with Crippen LogP contribution in [0.1, 0.15) is 85.5 Å². The minimum atomic E-state index is 0.251. The van der Waals surface area contributed by atoms with Gasteiger partial charge in [-0.25, -0.2) is 0 Å². The SMILES string of the molecule is C=C(C)C=CC(Cc1cc2c(c(C)c1C)CN(C1CCCC1)C2=O)=C(C)CC. The first-order valence-corrected chi connectivity index (χ1v) is 10.8. The third-order valence-corrected chi connectivity index (χ3v) is 6.75. The maximum Gasteiger partial charge on any atom is 0.254 e. The standard InChI is InChI=1S/C26H35NO/c1-7-18(4)21(13-12-17(2)3)14-22-15-24-25(20(6)19(22)5)16-27(26(24)28)23-10-8-9-11-23/h12-13,15,23H,2,7-11,14,16H2,1,3-6H3. The largest absolute Gasteiger partial charge is 0.331 e. The zero-order valence-corrected chi connectivity index (χ0v) is 18.3. The van der Waals surface area contributed by atoms with E-state index < -0.39 is 0 Å². The number of fused-ring (bicyclic) bond motifs is 1. The van der Waals surface area contributed by atoms with Crippen molar-refractivity contribution in [1.82, 2.24) is 4.90 Å². The Morgan fingerprint density at radius 1 is 1.18 bits per heavy atom. The van der Waals surface area contributed by atoms with Crippen molar-refractivity contribution >= 4 is 5.91 Å². The van der Waals surface area contributed by atoms with Crippen molar-refractivity contribution in [2.24, 2.45) is 0 Å². The Morgan fingerprint density at radius 3 is 2.46 bits per heavy atom. The van der Waals surface area contributed by atoms with Crippen molar-refractivity contribution in [1.29, 1.82) is 0 Å². The Balaban J connectivity index is 1.95. The van der Waals surface area contributed by atoms with Crippen LogP contribution >= 0.6 is 0 Å². The zero-order chi connectivity index (χ0) is 20.4. The average molecular weight is 378 g/mol. The van der Waals surface area contributed by atoms with E-state index in [0.29, 0.717) is 6.04 Å². The number of nitrogens with zero attached hydrogens (tertiary/aromatic N) is 1. The van der Waals surface area contributed by atoms with Gasteiger partial charge in [0, 0.05) is 18.2 Å². The van der Waals surface area contributed by atoms with Crippen LogP contribution in [0.25, 0.3) is 0 Å². The fraction of sp³-hybridized carbons (Fsp3) is 0.500. The normalized spacial score (nSPS) is 18.2. The molecule has 0 saturated heterocycles. The van der Waals surface area contributed by atoms with Crippen molar-refractivity contribution in [3.8, 4) is 0 Å². The highest BCUT2D eigenvalue weighted by molar-refractivity contribution is 5.99. The molecular formula is C26H35NO. The number of benzene rings is 1. The smallest absolute Gasteiger partial charge is 0.254 e. The summed E-state index contributed by atoms with van der Waals surface area (Å²) in [6.45, 7) is 15.6. The van der Waals surface area contributed by atoms with E-state index in [1.54, 1.807) is 0 Å². The number of hydrogen-bond acceptors (Lipinski definition) is 1. The molecular weight excluding hydrogens is 342 g/mol. The van der Waals surface area contributed by atoms with Crippen molar-refractivity contribution in [2.75, 3.05) is 0 Å². The summed E-state index contributed by atoms with van der Waals surface area (Å²) >= 11 is 0. The Bertz CT molecular complexity index is 850. The van der Waals surface area contributed by atoms with Crippen molar-refractivity contribution in [3.05, 3.63) is 69.3 Å². The molecule has 0 radical (unpaired) electrons. The molecule has 150 valence electrons. The van der Waals surface area contributed by atoms with Crippen molar-refractivity contribution in [3.63, 3.8) is 0 Å². The van der Waals surface area contributed by atoms with Crippen LogP contribution in [0.5, 0.6) is 0 Å². The third kappa shape index (κ3) is 4.01. The fourth-order valence-electron chi connectivity index (χ4n) is 4.55. The predicted octanol–water partition coefficient (Wildman–Crippen LogP) is 6.60. The van der Waals surface area contributed by atoms with Gasteiger partial charge < -0.3 is 4.90 Å². The van der Waals surface area contributed by atoms with Crippen molar-refractivity contribution in [2.45, 2.75) is 85.7 Å². The Hall–Kier alpha value is -2.09. The minimum absolute atomic E-state index is 0.251. The van der Waals surface area contributed by atoms with E-state index in [-0.39, 0.29) is 5.91 Å². The molecule has 0 spiro atoms. The second kappa shape index (κ2) is 8.51. The van der Waals surface area contributed by atoms with Gasteiger partial charge in [0.2, 0.25) is 0 Å². The lowest BCUT2D eigenvalue weighted by Crippen LogP contribution is -2.33. The number of amides is 1. The number of rotatable bonds is 6. The molecule has 0 atom stereocenters. The van der Waals surface area contributed by atoms with Crippen LogP contribution in [0.15, 0.2) is 41.5 Å². The topological polar surface area (TPSA) is 20.3 Å². The second-order valence-corrected chi connectivity index (χ2v) is 8.70. The van der Waals surface area contributed by atoms with Gasteiger partial charge in [-0.1, -0.05) is 49.6 Å². The molecule has 2 aliphatic rings. The first-order valence-electron chi connectivity index (χ1n) is 10.8. The molecule has 1 aromatic rings. The molecule has 1 heterocycles. The number of carbonyl (C=O) groups is 1. The quantitative estimate of drug-likeness (QED) is 0.511. The molecule has 1 saturated carbocycles. The van der Waals surface area contributed by atoms with Crippen LogP contribution in [-0.2, 0) is 13.0 Å². The second-order valence-electron chi connectivity index (χ2n) is 8.70. The lowest BCUT2D eigenvalue weighted by Gasteiger charge is -2.23. The summed E-state index contributed by atoms with van der Waals surface area (Å²) in [4.78, 5) is 15.3. The number of carbonyl (C=O) groups excluding carboxylic acids is 1. The van der Waals surface area contributed by atoms with E-state index in [1.807, 2.05) is 6.92 Å². The van der Waals surface area contributed by atoms with Crippen LogP contribution < -0.4 is 0 Å². The molecule has 1 fully saturated rings. The van der Waals surface area contributed by atoms with E-state index in [1.165, 1.54) is 59.1 Å². The zero-order valence-electron chi connectivity index (χ0n) is 18.3. The van der Waals surface area contributed by atoms with Crippen molar-refractivity contribution < 1.29 is 4.79 Å². The highest BCUT2D eigenvalue weighted by atomic mass is 16.2. The lowest BCUT2D eigenvalue weighted by molar-refractivity contribution is 0.0707. The summed E-state index contributed by atoms with van der Waals surface area (Å²) in [7, 11) is 0. The average Bonchev–Trinajstić information content (AvgIpc) is 3.30. The number of hydrogen-bond donors (Lipinski definition) is 0. The Labute approximate surface area is 171 Å². The molecule has 28 heavy (non-hydrogen) atoms. The number of allylic oxidation sites excluding steroid dienone is 5. The van der Waals surface area contributed by atoms with E-state index in [0.717, 1.165) is 30.5 Å². The summed E-state index contributed by atoms with van der Waals surface area (Å²) < 4.78 is 0. The molecule has 0 unspecified atom stereocenters. The Kier molecular flexibility index (Phi) is 6.27. The van der Waals surface area contributed by atoms with Crippen LogP contribution in [0.3, 0.4) is 0 Å². The van der Waals surface area contributed by atoms with E-state index in [9.17, 15) is 4.79 Å². The van der Waals surface area contributed by atoms with Gasteiger partial charge in [0.05, 0.1) is 0 Å². The molecule has 2 heteroatoms. The molecule has 1 aliphatic heterocycles. The summed E-state index contributed by atoms with van der Waals surface area (Å²) in [5, 5.41) is 0. The first-order chi connectivity index (χ1) is 13.3. The maximum atomic E-state index is 13.2. The Morgan fingerprint density at radius 2 is 1.86 bits per heavy atom. The van der Waals surface area contributed by atoms with Gasteiger partial charge >= 0.3 is 0 Å². The molecule has 0 aromatic heterocycles. The first kappa shape index (κ1) is 20.6. The van der Waals surface area contributed by atoms with E-state index in [4.69, 9.17) is 0 Å². The van der Waals surface area contributed by atoms with Crippen LogP contribution in [-0.4, -0.2) is 16.8 Å². The van der Waals surface area contributed by atoms with Gasteiger partial charge in [0.1, 0.15) is 0 Å². The fourth-order valence-corrected chi connectivity index (χ4v) is 4.55. The molecule has 1 aromatic carbocycles. The molecule has 1 aliphatic carbocycles. The molecule has 3 rings (SSSR count). The van der Waals surface area contributed by atoms with Gasteiger partial charge in [0.15, 0.2) is 0 Å². The van der Waals surface area contributed by atoms with Gasteiger partial charge in [0.25, 0.3) is 5.91 Å². The summed E-state index contributed by atoms with van der Waals surface area (Å²) in [6.07, 6.45) is 11.1. The molecule has 2 nitrogen and oxygen atoms in total. The monoisotopic (exact) mass is 377 g/mol. The van der Waals surface area contributed by atoms with Crippen LogP contribution in [0.4, 0.5) is 0 Å². The van der Waals surface area contributed by atoms with Gasteiger partial charge in [-0.05, 0) is 87.3 Å². The molecule has 0 bridgehead atoms. The van der Waals surface area contributed by atoms with E-state index >= 15 is 0 Å². The maximum absolute atomic E-state index is 13.2. The minimum Gasteiger partial charge on any atom is -0.331 e. The summed E-state index contributed by atoms with van der Waals surface area (Å²) in [5.74, 6) is 0.251. The molecule has 0 N–H and O–H groups in total. The predicted molar refractivity (Wildman–Crippen MR) is 119 cm³/mol. The van der Waals surface area contributed by atoms with E-state index in [2.05, 4.69) is 57.4 Å². The van der Waals surface area contributed by atoms with Gasteiger partial charge in [-0.15, -0.1) is 0 Å². The summed E-state index contributed by atoms with van der Waals surface area (Å²) in [5.41, 5.74) is 9.93. The summed E-state index contributed by atoms with van der Waals surface area (Å²) in [6, 6.07) is 2.63. The third-order valence-electron chi connectivity index (χ3n) is 6.75.